The van der Waals surface area contributed by atoms with E-state index >= 15 is 0 Å². The lowest BCUT2D eigenvalue weighted by molar-refractivity contribution is 0.436. The quantitative estimate of drug-likeness (QED) is 0.175. The maximum absolute atomic E-state index is 7.02. The van der Waals surface area contributed by atoms with E-state index in [0.717, 1.165) is 119 Å². The summed E-state index contributed by atoms with van der Waals surface area (Å²) in [5.41, 5.74) is 13.5. The first-order valence-electron chi connectivity index (χ1n) is 22.5. The Hall–Kier alpha value is -9.14. The minimum Gasteiger partial charge on any atom is -0.457 e. The summed E-state index contributed by atoms with van der Waals surface area (Å²) in [5.74, 6) is 4.65. The third kappa shape index (κ3) is 4.90. The summed E-state index contributed by atoms with van der Waals surface area (Å²) >= 11 is 0. The summed E-state index contributed by atoms with van der Waals surface area (Å²) in [4.78, 5) is 15.5. The van der Waals surface area contributed by atoms with Crippen molar-refractivity contribution in [3.63, 3.8) is 0 Å². The molecule has 8 heteroatoms. The molecule has 0 fully saturated rings. The van der Waals surface area contributed by atoms with Gasteiger partial charge in [0.1, 0.15) is 11.5 Å². The minimum absolute atomic E-state index is 0.755. The average molecular weight is 862 g/mol. The molecule has 67 heavy (non-hydrogen) atoms. The normalized spacial score (nSPS) is 15.5. The van der Waals surface area contributed by atoms with Gasteiger partial charge in [-0.25, -0.2) is 0 Å². The van der Waals surface area contributed by atoms with Crippen LogP contribution in [0.25, 0.3) is 38.9 Å². The number of aromatic nitrogens is 3. The van der Waals surface area contributed by atoms with E-state index in [-0.39, 0.29) is 0 Å². The number of pyridine rings is 2. The van der Waals surface area contributed by atoms with Crippen LogP contribution in [0.3, 0.4) is 0 Å². The van der Waals surface area contributed by atoms with Crippen molar-refractivity contribution < 1.29 is 14.2 Å². The first-order valence-corrected chi connectivity index (χ1v) is 22.5. The molecule has 314 valence electrons. The topological polar surface area (TPSA) is 64.9 Å². The fraction of sp³-hybridized carbons (Fsp3) is 0.0169. The van der Waals surface area contributed by atoms with Gasteiger partial charge in [0.05, 0.1) is 74.4 Å². The highest BCUT2D eigenvalue weighted by molar-refractivity contribution is 6.09. The minimum atomic E-state index is -0.952. The molecular formula is C59H35N5O3. The molecule has 1 spiro atoms. The number of hydrogen-bond acceptors (Lipinski definition) is 7. The molecule has 6 heterocycles. The van der Waals surface area contributed by atoms with E-state index in [4.69, 9.17) is 24.2 Å². The van der Waals surface area contributed by atoms with Crippen molar-refractivity contribution in [1.29, 1.82) is 0 Å². The molecule has 0 amide bonds. The van der Waals surface area contributed by atoms with Crippen LogP contribution in [-0.2, 0) is 5.41 Å². The van der Waals surface area contributed by atoms with E-state index in [2.05, 4.69) is 160 Å². The number of rotatable bonds is 3. The number of ether oxygens (including phenoxy) is 3. The van der Waals surface area contributed by atoms with Crippen molar-refractivity contribution in [1.82, 2.24) is 14.5 Å². The molecule has 0 saturated heterocycles. The molecule has 3 aromatic heterocycles. The maximum atomic E-state index is 7.02. The Balaban J connectivity index is 1.05. The van der Waals surface area contributed by atoms with Gasteiger partial charge in [-0.2, -0.15) is 0 Å². The summed E-state index contributed by atoms with van der Waals surface area (Å²) in [6.07, 6.45) is 3.99. The predicted octanol–water partition coefficient (Wildman–Crippen LogP) is 15.2. The Kier molecular flexibility index (Phi) is 7.27. The van der Waals surface area contributed by atoms with E-state index in [0.29, 0.717) is 0 Å². The molecule has 0 saturated carbocycles. The van der Waals surface area contributed by atoms with Crippen LogP contribution in [-0.4, -0.2) is 14.5 Å². The molecule has 1 unspecified atom stereocenters. The molecule has 1 atom stereocenters. The van der Waals surface area contributed by atoms with E-state index in [1.165, 1.54) is 10.8 Å². The molecule has 11 aromatic rings. The van der Waals surface area contributed by atoms with Gasteiger partial charge in [-0.05, 0) is 97.1 Å². The molecule has 1 aliphatic carbocycles. The molecule has 8 aromatic carbocycles. The van der Waals surface area contributed by atoms with Crippen molar-refractivity contribution in [2.24, 2.45) is 0 Å². The highest BCUT2D eigenvalue weighted by atomic mass is 16.5. The standard InChI is InChI=1S/C59H35N5O3/c1-4-18-45-39(15-1)40-16-2-5-19-46(40)63(45)37-32-43-57(60-34-37)58-44(33-38(35-61-58)64-49-22-8-13-27-55(49)67-56-28-14-9-23-50(56)64)59(43)41-17-3-10-24-51(41)65-52-30-29-36(31-42(52)59)62-47-20-6-11-25-53(47)66-54-26-12-7-21-48(54)62/h1-35H. The number of anilines is 6. The fourth-order valence-corrected chi connectivity index (χ4v) is 11.2. The second-order valence-corrected chi connectivity index (χ2v) is 17.3. The summed E-state index contributed by atoms with van der Waals surface area (Å²) < 4.78 is 22.4. The van der Waals surface area contributed by atoms with Gasteiger partial charge in [0.15, 0.2) is 23.0 Å². The zero-order valence-electron chi connectivity index (χ0n) is 35.7. The van der Waals surface area contributed by atoms with Crippen molar-refractivity contribution >= 4 is 55.9 Å². The molecular weight excluding hydrogens is 827 g/mol. The Morgan fingerprint density at radius 3 is 1.30 bits per heavy atom. The highest BCUT2D eigenvalue weighted by Gasteiger charge is 2.53. The average Bonchev–Trinajstić information content (AvgIpc) is 3.87. The molecule has 8 nitrogen and oxygen atoms in total. The Morgan fingerprint density at radius 1 is 0.328 bits per heavy atom. The van der Waals surface area contributed by atoms with Crippen LogP contribution in [0.5, 0.6) is 34.5 Å². The van der Waals surface area contributed by atoms with Crippen LogP contribution < -0.4 is 24.0 Å². The van der Waals surface area contributed by atoms with Gasteiger partial charge in [-0.15, -0.1) is 0 Å². The number of benzene rings is 8. The SMILES string of the molecule is c1ccc2c(c1)Oc1ccccc1N2c1ccc2c(c1)C1(c3ccccc3O2)c2cc(N3c4ccccc4Oc4ccccc43)cnc2-c2ncc(-n3c4ccccc4c4ccccc43)cc21. The van der Waals surface area contributed by atoms with E-state index < -0.39 is 5.41 Å². The van der Waals surface area contributed by atoms with Crippen LogP contribution in [0.15, 0.2) is 213 Å². The summed E-state index contributed by atoms with van der Waals surface area (Å²) in [7, 11) is 0. The predicted molar refractivity (Wildman–Crippen MR) is 263 cm³/mol. The van der Waals surface area contributed by atoms with Crippen LogP contribution in [0, 0.1) is 0 Å². The first kappa shape index (κ1) is 36.2. The zero-order chi connectivity index (χ0) is 43.8. The van der Waals surface area contributed by atoms with E-state index in [1.54, 1.807) is 0 Å². The molecule has 15 rings (SSSR count). The molecule has 0 bridgehead atoms. The molecule has 0 N–H and O–H groups in total. The second-order valence-electron chi connectivity index (χ2n) is 17.3. The van der Waals surface area contributed by atoms with Gasteiger partial charge in [0.2, 0.25) is 0 Å². The fourth-order valence-electron chi connectivity index (χ4n) is 11.2. The van der Waals surface area contributed by atoms with E-state index in [9.17, 15) is 0 Å². The molecule has 0 radical (unpaired) electrons. The Bertz CT molecular complexity index is 3770. The number of hydrogen-bond donors (Lipinski definition) is 0. The highest BCUT2D eigenvalue weighted by Crippen LogP contribution is 2.64. The third-order valence-electron chi connectivity index (χ3n) is 13.9. The van der Waals surface area contributed by atoms with Gasteiger partial charge in [0, 0.05) is 38.7 Å². The first-order chi connectivity index (χ1) is 33.2. The lowest BCUT2D eigenvalue weighted by Crippen LogP contribution is -2.33. The molecule has 4 aliphatic rings. The van der Waals surface area contributed by atoms with Gasteiger partial charge in [-0.1, -0.05) is 103 Å². The lowest BCUT2D eigenvalue weighted by Gasteiger charge is -2.40. The van der Waals surface area contributed by atoms with Crippen LogP contribution >= 0.6 is 0 Å². The third-order valence-corrected chi connectivity index (χ3v) is 13.9. The van der Waals surface area contributed by atoms with Crippen molar-refractivity contribution in [2.45, 2.75) is 5.41 Å². The number of nitrogens with zero attached hydrogens (tertiary/aromatic N) is 5. The largest absolute Gasteiger partial charge is 0.457 e. The second kappa shape index (κ2) is 13.4. The summed E-state index contributed by atoms with van der Waals surface area (Å²) in [5, 5.41) is 2.37. The smallest absolute Gasteiger partial charge is 0.151 e. The summed E-state index contributed by atoms with van der Waals surface area (Å²) in [6.45, 7) is 0. The maximum Gasteiger partial charge on any atom is 0.151 e. The van der Waals surface area contributed by atoms with Gasteiger partial charge < -0.3 is 28.6 Å². The monoisotopic (exact) mass is 861 g/mol. The lowest BCUT2D eigenvalue weighted by atomic mass is 9.66. The Morgan fingerprint density at radius 2 is 0.731 bits per heavy atom. The van der Waals surface area contributed by atoms with Crippen LogP contribution in [0.4, 0.5) is 34.1 Å². The number of para-hydroxylation sites is 11. The van der Waals surface area contributed by atoms with Gasteiger partial charge >= 0.3 is 0 Å². The van der Waals surface area contributed by atoms with E-state index in [1.807, 2.05) is 67.0 Å². The molecule has 3 aliphatic heterocycles. The van der Waals surface area contributed by atoms with Gasteiger partial charge in [0.25, 0.3) is 0 Å². The van der Waals surface area contributed by atoms with Crippen molar-refractivity contribution in [3.8, 4) is 51.6 Å². The van der Waals surface area contributed by atoms with Crippen LogP contribution in [0.1, 0.15) is 22.3 Å². The Labute approximate surface area is 384 Å². The van der Waals surface area contributed by atoms with Crippen molar-refractivity contribution in [2.75, 3.05) is 9.80 Å². The zero-order valence-corrected chi connectivity index (χ0v) is 35.7. The summed E-state index contributed by atoms with van der Waals surface area (Å²) in [6, 6.07) is 69.7. The number of fused-ring (bicyclic) bond motifs is 16. The van der Waals surface area contributed by atoms with Crippen molar-refractivity contribution in [3.05, 3.63) is 235 Å². The van der Waals surface area contributed by atoms with Crippen LogP contribution in [0.2, 0.25) is 0 Å². The van der Waals surface area contributed by atoms with Gasteiger partial charge in [-0.3, -0.25) is 9.97 Å².